The SMILES string of the molecule is CC(C)(C)OC(=O)N1CCCC(CN2CC(S)CC2=O)C1. The maximum absolute atomic E-state index is 12.1. The molecular formula is C15H26N2O3S. The van der Waals surface area contributed by atoms with E-state index in [1.54, 1.807) is 4.90 Å². The van der Waals surface area contributed by atoms with Crippen LogP contribution in [0.2, 0.25) is 0 Å². The third-order valence-corrected chi connectivity index (χ3v) is 4.19. The van der Waals surface area contributed by atoms with Gasteiger partial charge in [-0.05, 0) is 39.5 Å². The number of rotatable bonds is 2. The van der Waals surface area contributed by atoms with E-state index in [0.717, 1.165) is 32.5 Å². The maximum Gasteiger partial charge on any atom is 0.410 e. The summed E-state index contributed by atoms with van der Waals surface area (Å²) >= 11 is 4.38. The van der Waals surface area contributed by atoms with Crippen LogP contribution in [-0.4, -0.2) is 58.8 Å². The van der Waals surface area contributed by atoms with E-state index >= 15 is 0 Å². The lowest BCUT2D eigenvalue weighted by Crippen LogP contribution is -2.45. The summed E-state index contributed by atoms with van der Waals surface area (Å²) in [5, 5.41) is 0.156. The minimum absolute atomic E-state index is 0.156. The molecule has 2 atom stereocenters. The lowest BCUT2D eigenvalue weighted by molar-refractivity contribution is -0.128. The molecule has 2 unspecified atom stereocenters. The Hall–Kier alpha value is -0.910. The number of thiol groups is 1. The second-order valence-corrected chi connectivity index (χ2v) is 7.82. The van der Waals surface area contributed by atoms with Crippen LogP contribution in [0, 0.1) is 5.92 Å². The predicted octanol–water partition coefficient (Wildman–Crippen LogP) is 2.16. The van der Waals surface area contributed by atoms with Gasteiger partial charge in [0.15, 0.2) is 0 Å². The molecule has 6 heteroatoms. The minimum Gasteiger partial charge on any atom is -0.444 e. The third-order valence-electron chi connectivity index (χ3n) is 3.84. The van der Waals surface area contributed by atoms with E-state index in [0.29, 0.717) is 18.9 Å². The highest BCUT2D eigenvalue weighted by atomic mass is 32.1. The number of nitrogens with zero attached hydrogens (tertiary/aromatic N) is 2. The fraction of sp³-hybridized carbons (Fsp3) is 0.867. The van der Waals surface area contributed by atoms with Crippen LogP contribution in [0.25, 0.3) is 0 Å². The Bertz CT molecular complexity index is 408. The Kier molecular flexibility index (Phi) is 5.07. The van der Waals surface area contributed by atoms with Gasteiger partial charge in [0, 0.05) is 37.8 Å². The molecule has 2 heterocycles. The van der Waals surface area contributed by atoms with Gasteiger partial charge in [-0.3, -0.25) is 4.79 Å². The molecule has 0 radical (unpaired) electrons. The van der Waals surface area contributed by atoms with Crippen molar-refractivity contribution in [2.75, 3.05) is 26.2 Å². The summed E-state index contributed by atoms with van der Waals surface area (Å²) in [6.45, 7) is 8.51. The summed E-state index contributed by atoms with van der Waals surface area (Å²) in [4.78, 5) is 27.6. The summed E-state index contributed by atoms with van der Waals surface area (Å²) < 4.78 is 5.43. The molecule has 0 spiro atoms. The molecule has 2 aliphatic heterocycles. The number of hydrogen-bond acceptors (Lipinski definition) is 4. The average molecular weight is 314 g/mol. The highest BCUT2D eigenvalue weighted by Gasteiger charge is 2.32. The van der Waals surface area contributed by atoms with E-state index in [4.69, 9.17) is 4.74 Å². The van der Waals surface area contributed by atoms with Gasteiger partial charge in [-0.25, -0.2) is 4.79 Å². The van der Waals surface area contributed by atoms with E-state index in [2.05, 4.69) is 12.6 Å². The molecule has 5 nitrogen and oxygen atoms in total. The molecule has 2 fully saturated rings. The number of amides is 2. The van der Waals surface area contributed by atoms with Crippen molar-refractivity contribution in [2.24, 2.45) is 5.92 Å². The van der Waals surface area contributed by atoms with Gasteiger partial charge in [-0.2, -0.15) is 12.6 Å². The van der Waals surface area contributed by atoms with Crippen molar-refractivity contribution in [3.63, 3.8) is 0 Å². The van der Waals surface area contributed by atoms with Crippen LogP contribution < -0.4 is 0 Å². The lowest BCUT2D eigenvalue weighted by Gasteiger charge is -2.35. The highest BCUT2D eigenvalue weighted by molar-refractivity contribution is 7.81. The predicted molar refractivity (Wildman–Crippen MR) is 84.5 cm³/mol. The van der Waals surface area contributed by atoms with Crippen molar-refractivity contribution in [3.05, 3.63) is 0 Å². The van der Waals surface area contributed by atoms with E-state index in [1.165, 1.54) is 0 Å². The number of carbonyl (C=O) groups excluding carboxylic acids is 2. The van der Waals surface area contributed by atoms with Gasteiger partial charge in [-0.15, -0.1) is 0 Å². The first-order valence-corrected chi connectivity index (χ1v) is 8.20. The van der Waals surface area contributed by atoms with Crippen LogP contribution in [0.4, 0.5) is 4.79 Å². The molecule has 0 aromatic heterocycles. The molecule has 0 bridgehead atoms. The number of carbonyl (C=O) groups is 2. The Morgan fingerprint density at radius 2 is 2.10 bits per heavy atom. The largest absolute Gasteiger partial charge is 0.444 e. The molecule has 21 heavy (non-hydrogen) atoms. The summed E-state index contributed by atoms with van der Waals surface area (Å²) in [7, 11) is 0. The van der Waals surface area contributed by atoms with Gasteiger partial charge in [0.1, 0.15) is 5.60 Å². The first-order valence-electron chi connectivity index (χ1n) is 7.68. The molecule has 0 aliphatic carbocycles. The Morgan fingerprint density at radius 3 is 2.67 bits per heavy atom. The lowest BCUT2D eigenvalue weighted by atomic mass is 9.98. The molecule has 120 valence electrons. The van der Waals surface area contributed by atoms with Crippen molar-refractivity contribution in [1.82, 2.24) is 9.80 Å². The van der Waals surface area contributed by atoms with Crippen LogP contribution in [-0.2, 0) is 9.53 Å². The van der Waals surface area contributed by atoms with Crippen molar-refractivity contribution in [1.29, 1.82) is 0 Å². The van der Waals surface area contributed by atoms with Gasteiger partial charge >= 0.3 is 6.09 Å². The fourth-order valence-corrected chi connectivity index (χ4v) is 3.30. The number of piperidine rings is 1. The first kappa shape index (κ1) is 16.5. The van der Waals surface area contributed by atoms with Gasteiger partial charge in [-0.1, -0.05) is 0 Å². The van der Waals surface area contributed by atoms with Crippen molar-refractivity contribution >= 4 is 24.6 Å². The van der Waals surface area contributed by atoms with Crippen LogP contribution in [0.15, 0.2) is 0 Å². The van der Waals surface area contributed by atoms with Gasteiger partial charge in [0.05, 0.1) is 0 Å². The zero-order valence-corrected chi connectivity index (χ0v) is 14.1. The molecule has 0 aromatic rings. The van der Waals surface area contributed by atoms with E-state index in [1.807, 2.05) is 25.7 Å². The zero-order valence-electron chi connectivity index (χ0n) is 13.2. The van der Waals surface area contributed by atoms with Crippen LogP contribution in [0.3, 0.4) is 0 Å². The van der Waals surface area contributed by atoms with E-state index in [-0.39, 0.29) is 17.3 Å². The maximum atomic E-state index is 12.1. The second kappa shape index (κ2) is 6.46. The number of ether oxygens (including phenoxy) is 1. The first-order chi connectivity index (χ1) is 9.74. The van der Waals surface area contributed by atoms with Crippen LogP contribution in [0.5, 0.6) is 0 Å². The molecule has 2 saturated heterocycles. The smallest absolute Gasteiger partial charge is 0.410 e. The second-order valence-electron chi connectivity index (χ2n) is 7.09. The molecular weight excluding hydrogens is 288 g/mol. The van der Waals surface area contributed by atoms with Gasteiger partial charge < -0.3 is 14.5 Å². The minimum atomic E-state index is -0.464. The van der Waals surface area contributed by atoms with Crippen molar-refractivity contribution < 1.29 is 14.3 Å². The van der Waals surface area contributed by atoms with Gasteiger partial charge in [0.2, 0.25) is 5.91 Å². The van der Waals surface area contributed by atoms with Gasteiger partial charge in [0.25, 0.3) is 0 Å². The fourth-order valence-electron chi connectivity index (χ4n) is 2.95. The molecule has 0 aromatic carbocycles. The summed E-state index contributed by atoms with van der Waals surface area (Å²) in [6, 6.07) is 0. The Balaban J connectivity index is 1.86. The standard InChI is InChI=1S/C15H26N2O3S/c1-15(2,3)20-14(19)16-6-4-5-11(8-16)9-17-10-12(21)7-13(17)18/h11-12,21H,4-10H2,1-3H3. The monoisotopic (exact) mass is 314 g/mol. The van der Waals surface area contributed by atoms with Crippen LogP contribution >= 0.6 is 12.6 Å². The molecule has 2 aliphatic rings. The normalized spacial score (nSPS) is 27.1. The number of hydrogen-bond donors (Lipinski definition) is 1. The molecule has 2 rings (SSSR count). The van der Waals surface area contributed by atoms with Crippen molar-refractivity contribution in [3.8, 4) is 0 Å². The number of likely N-dealkylation sites (tertiary alicyclic amines) is 2. The summed E-state index contributed by atoms with van der Waals surface area (Å²) in [5.41, 5.74) is -0.464. The Morgan fingerprint density at radius 1 is 1.38 bits per heavy atom. The highest BCUT2D eigenvalue weighted by Crippen LogP contribution is 2.23. The van der Waals surface area contributed by atoms with Crippen LogP contribution in [0.1, 0.15) is 40.0 Å². The third kappa shape index (κ3) is 4.80. The summed E-state index contributed by atoms with van der Waals surface area (Å²) in [5.74, 6) is 0.526. The van der Waals surface area contributed by atoms with Crippen molar-refractivity contribution in [2.45, 2.75) is 50.9 Å². The molecule has 0 N–H and O–H groups in total. The van der Waals surface area contributed by atoms with E-state index in [9.17, 15) is 9.59 Å². The molecule has 2 amide bonds. The topological polar surface area (TPSA) is 49.9 Å². The quantitative estimate of drug-likeness (QED) is 0.795. The Labute approximate surface area is 132 Å². The average Bonchev–Trinajstić information content (AvgIpc) is 2.66. The summed E-state index contributed by atoms with van der Waals surface area (Å²) in [6.07, 6.45) is 2.31. The van der Waals surface area contributed by atoms with E-state index < -0.39 is 5.60 Å². The molecule has 0 saturated carbocycles. The zero-order chi connectivity index (χ0) is 15.6.